The van der Waals surface area contributed by atoms with E-state index in [4.69, 9.17) is 11.6 Å². The van der Waals surface area contributed by atoms with Crippen molar-refractivity contribution >= 4 is 32.8 Å². The molecule has 1 atom stereocenters. The predicted molar refractivity (Wildman–Crippen MR) is 47.3 cm³/mol. The number of nitrogens with zero attached hydrogens (tertiary/aromatic N) is 2. The van der Waals surface area contributed by atoms with E-state index >= 15 is 0 Å². The Morgan fingerprint density at radius 1 is 1.75 bits per heavy atom. The molecular weight excluding hydrogens is 220 g/mol. The monoisotopic (exact) mass is 226 g/mol. The van der Waals surface area contributed by atoms with Gasteiger partial charge >= 0.3 is 0 Å². The lowest BCUT2D eigenvalue weighted by molar-refractivity contribution is 0.586. The number of aromatic nitrogens is 2. The molecule has 0 saturated carbocycles. The normalized spacial score (nSPS) is 14.5. The zero-order valence-electron chi connectivity index (χ0n) is 6.27. The van der Waals surface area contributed by atoms with Crippen LogP contribution in [0.15, 0.2) is 9.85 Å². The molecular formula is C5H7ClN2O2S2. The third-order valence-corrected chi connectivity index (χ3v) is 5.24. The lowest BCUT2D eigenvalue weighted by Crippen LogP contribution is -2.19. The van der Waals surface area contributed by atoms with Crippen molar-refractivity contribution in [1.82, 2.24) is 10.2 Å². The second-order valence-electron chi connectivity index (χ2n) is 2.21. The first-order valence-corrected chi connectivity index (χ1v) is 6.11. The highest BCUT2D eigenvalue weighted by atomic mass is 35.5. The maximum atomic E-state index is 11.4. The van der Waals surface area contributed by atoms with Crippen molar-refractivity contribution in [3.8, 4) is 0 Å². The first kappa shape index (κ1) is 9.88. The minimum atomic E-state index is -3.33. The summed E-state index contributed by atoms with van der Waals surface area (Å²) in [7, 11) is -3.33. The predicted octanol–water partition coefficient (Wildman–Crippen LogP) is 0.939. The van der Waals surface area contributed by atoms with E-state index in [0.717, 1.165) is 11.3 Å². The number of halogens is 1. The summed E-state index contributed by atoms with van der Waals surface area (Å²) < 4.78 is 22.9. The molecule has 4 nitrogen and oxygen atoms in total. The van der Waals surface area contributed by atoms with Crippen molar-refractivity contribution in [3.05, 3.63) is 5.51 Å². The first-order valence-electron chi connectivity index (χ1n) is 3.15. The van der Waals surface area contributed by atoms with E-state index in [1.807, 2.05) is 0 Å². The van der Waals surface area contributed by atoms with E-state index in [9.17, 15) is 8.42 Å². The Hall–Kier alpha value is -0.200. The van der Waals surface area contributed by atoms with Crippen molar-refractivity contribution in [2.24, 2.45) is 0 Å². The van der Waals surface area contributed by atoms with Gasteiger partial charge in [-0.25, -0.2) is 8.42 Å². The van der Waals surface area contributed by atoms with Crippen molar-refractivity contribution in [3.63, 3.8) is 0 Å². The maximum absolute atomic E-state index is 11.4. The Bertz CT molecular complexity index is 334. The van der Waals surface area contributed by atoms with Gasteiger partial charge in [0.25, 0.3) is 0 Å². The van der Waals surface area contributed by atoms with Crippen LogP contribution in [-0.2, 0) is 9.84 Å². The highest BCUT2D eigenvalue weighted by Gasteiger charge is 2.25. The lowest BCUT2D eigenvalue weighted by Gasteiger charge is -2.04. The van der Waals surface area contributed by atoms with E-state index in [2.05, 4.69) is 10.2 Å². The van der Waals surface area contributed by atoms with Crippen LogP contribution in [-0.4, -0.2) is 29.7 Å². The highest BCUT2D eigenvalue weighted by molar-refractivity contribution is 7.93. The summed E-state index contributed by atoms with van der Waals surface area (Å²) in [6, 6.07) is 0. The quantitative estimate of drug-likeness (QED) is 0.720. The Balaban J connectivity index is 3.03. The molecule has 0 amide bonds. The number of alkyl halides is 1. The molecule has 0 aliphatic rings. The van der Waals surface area contributed by atoms with Gasteiger partial charge in [0.05, 0.1) is 5.25 Å². The van der Waals surface area contributed by atoms with Gasteiger partial charge in [0.2, 0.25) is 14.2 Å². The molecule has 0 spiro atoms. The van der Waals surface area contributed by atoms with Gasteiger partial charge < -0.3 is 0 Å². The number of sulfone groups is 1. The van der Waals surface area contributed by atoms with Gasteiger partial charge in [0.1, 0.15) is 5.51 Å². The SMILES string of the molecule is CC(CCl)S(=O)(=O)c1nncs1. The first-order chi connectivity index (χ1) is 5.59. The number of hydrogen-bond acceptors (Lipinski definition) is 5. The summed E-state index contributed by atoms with van der Waals surface area (Å²) in [4.78, 5) is 0. The molecule has 0 saturated heterocycles. The standard InChI is InChI=1S/C5H7ClN2O2S2/c1-4(2-6)12(9,10)5-8-7-3-11-5/h3-4H,2H2,1H3. The highest BCUT2D eigenvalue weighted by Crippen LogP contribution is 2.17. The summed E-state index contributed by atoms with van der Waals surface area (Å²) in [6.07, 6.45) is 0. The van der Waals surface area contributed by atoms with Gasteiger partial charge in [0, 0.05) is 5.88 Å². The average molecular weight is 227 g/mol. The number of rotatable bonds is 3. The fraction of sp³-hybridized carbons (Fsp3) is 0.600. The van der Waals surface area contributed by atoms with E-state index in [1.54, 1.807) is 6.92 Å². The Morgan fingerprint density at radius 3 is 2.83 bits per heavy atom. The molecule has 0 N–H and O–H groups in total. The molecule has 1 unspecified atom stereocenters. The lowest BCUT2D eigenvalue weighted by atomic mass is 10.6. The molecule has 1 aromatic rings. The average Bonchev–Trinajstić information content (AvgIpc) is 2.55. The molecule has 1 heterocycles. The van der Waals surface area contributed by atoms with E-state index in [-0.39, 0.29) is 10.2 Å². The summed E-state index contributed by atoms with van der Waals surface area (Å²) in [5.74, 6) is 0.0713. The fourth-order valence-electron chi connectivity index (χ4n) is 0.542. The Kier molecular flexibility index (Phi) is 3.03. The third-order valence-electron chi connectivity index (χ3n) is 1.33. The van der Waals surface area contributed by atoms with E-state index in [1.165, 1.54) is 5.51 Å². The van der Waals surface area contributed by atoms with Gasteiger partial charge in [-0.15, -0.1) is 21.8 Å². The molecule has 1 aromatic heterocycles. The second-order valence-corrected chi connectivity index (χ2v) is 5.90. The summed E-state index contributed by atoms with van der Waals surface area (Å²) in [5, 5.41) is 6.33. The zero-order chi connectivity index (χ0) is 9.19. The summed E-state index contributed by atoms with van der Waals surface area (Å²) in [6.45, 7) is 1.55. The van der Waals surface area contributed by atoms with Crippen LogP contribution in [0, 0.1) is 0 Å². The molecule has 0 fully saturated rings. The largest absolute Gasteiger partial charge is 0.232 e. The Labute approximate surface area is 79.5 Å². The van der Waals surface area contributed by atoms with Crippen LogP contribution in [0.2, 0.25) is 0 Å². The van der Waals surface area contributed by atoms with Gasteiger partial charge in [0.15, 0.2) is 0 Å². The number of hydrogen-bond donors (Lipinski definition) is 0. The molecule has 0 aromatic carbocycles. The molecule has 0 aliphatic heterocycles. The van der Waals surface area contributed by atoms with Crippen molar-refractivity contribution < 1.29 is 8.42 Å². The molecule has 0 bridgehead atoms. The van der Waals surface area contributed by atoms with Crippen LogP contribution < -0.4 is 0 Å². The van der Waals surface area contributed by atoms with E-state index in [0.29, 0.717) is 0 Å². The van der Waals surface area contributed by atoms with E-state index < -0.39 is 15.1 Å². The summed E-state index contributed by atoms with van der Waals surface area (Å²) in [5.41, 5.74) is 1.38. The van der Waals surface area contributed by atoms with Crippen molar-refractivity contribution in [2.75, 3.05) is 5.88 Å². The zero-order valence-corrected chi connectivity index (χ0v) is 8.66. The molecule has 7 heteroatoms. The van der Waals surface area contributed by atoms with Crippen LogP contribution in [0.4, 0.5) is 0 Å². The van der Waals surface area contributed by atoms with Gasteiger partial charge in [-0.1, -0.05) is 11.3 Å². The second kappa shape index (κ2) is 3.68. The molecule has 12 heavy (non-hydrogen) atoms. The van der Waals surface area contributed by atoms with Crippen molar-refractivity contribution in [2.45, 2.75) is 16.5 Å². The Morgan fingerprint density at radius 2 is 2.42 bits per heavy atom. The van der Waals surface area contributed by atoms with Gasteiger partial charge in [-0.3, -0.25) is 0 Å². The molecule has 0 radical (unpaired) electrons. The minimum absolute atomic E-state index is 0.0376. The van der Waals surface area contributed by atoms with Crippen LogP contribution in [0.25, 0.3) is 0 Å². The van der Waals surface area contributed by atoms with Crippen LogP contribution in [0.3, 0.4) is 0 Å². The smallest absolute Gasteiger partial charge is 0.221 e. The topological polar surface area (TPSA) is 59.9 Å². The summed E-state index contributed by atoms with van der Waals surface area (Å²) >= 11 is 6.44. The molecule has 0 aliphatic carbocycles. The third kappa shape index (κ3) is 1.75. The maximum Gasteiger partial charge on any atom is 0.232 e. The van der Waals surface area contributed by atoms with Gasteiger partial charge in [-0.2, -0.15) is 0 Å². The van der Waals surface area contributed by atoms with Crippen LogP contribution in [0.5, 0.6) is 0 Å². The molecule has 1 rings (SSSR count). The fourth-order valence-corrected chi connectivity index (χ4v) is 3.15. The van der Waals surface area contributed by atoms with Crippen molar-refractivity contribution in [1.29, 1.82) is 0 Å². The van der Waals surface area contributed by atoms with Gasteiger partial charge in [-0.05, 0) is 6.92 Å². The van der Waals surface area contributed by atoms with Crippen LogP contribution in [0.1, 0.15) is 6.92 Å². The molecule has 68 valence electrons. The minimum Gasteiger partial charge on any atom is -0.221 e. The van der Waals surface area contributed by atoms with Crippen LogP contribution >= 0.6 is 22.9 Å².